The van der Waals surface area contributed by atoms with Crippen molar-refractivity contribution < 1.29 is 58.5 Å². The lowest BCUT2D eigenvalue weighted by molar-refractivity contribution is 0.0173. The van der Waals surface area contributed by atoms with E-state index in [0.29, 0.717) is 78.2 Å². The van der Waals surface area contributed by atoms with Gasteiger partial charge in [0.25, 0.3) is 0 Å². The summed E-state index contributed by atoms with van der Waals surface area (Å²) in [6, 6.07) is 34.4. The number of halogens is 3. The molecule has 9 atom stereocenters. The Labute approximate surface area is 527 Å². The highest BCUT2D eigenvalue weighted by molar-refractivity contribution is 7.92. The van der Waals surface area contributed by atoms with Gasteiger partial charge in [0.1, 0.15) is 17.5 Å². The first-order chi connectivity index (χ1) is 42.3. The molecule has 17 heteroatoms. The molecule has 484 valence electrons. The molecular formula is C72H92F3NO10S3. The lowest BCUT2D eigenvalue weighted by Crippen LogP contribution is -2.42. The van der Waals surface area contributed by atoms with E-state index in [1.54, 1.807) is 66.7 Å². The number of benzene rings is 6. The Morgan fingerprint density at radius 2 is 0.730 bits per heavy atom. The molecule has 4 heterocycles. The van der Waals surface area contributed by atoms with Gasteiger partial charge >= 0.3 is 0 Å². The van der Waals surface area contributed by atoms with Gasteiger partial charge in [-0.05, 0) is 152 Å². The van der Waals surface area contributed by atoms with Gasteiger partial charge in [-0.2, -0.15) is 0 Å². The number of aliphatic hydroxyl groups is 3. The molecule has 4 aliphatic rings. The lowest BCUT2D eigenvalue weighted by Gasteiger charge is -2.39. The van der Waals surface area contributed by atoms with Gasteiger partial charge in [-0.1, -0.05) is 152 Å². The van der Waals surface area contributed by atoms with E-state index < -0.39 is 81.8 Å². The van der Waals surface area contributed by atoms with Gasteiger partial charge in [0.15, 0.2) is 29.5 Å². The zero-order chi connectivity index (χ0) is 64.7. The Morgan fingerprint density at radius 3 is 1.02 bits per heavy atom. The molecule has 0 bridgehead atoms. The van der Waals surface area contributed by atoms with Crippen molar-refractivity contribution in [1.82, 2.24) is 0 Å². The third-order valence-electron chi connectivity index (χ3n) is 19.9. The van der Waals surface area contributed by atoms with E-state index in [1.165, 1.54) is 36.4 Å². The molecule has 0 aromatic heterocycles. The van der Waals surface area contributed by atoms with Crippen molar-refractivity contribution in [1.29, 1.82) is 0 Å². The molecule has 3 N–H and O–H groups in total. The fraction of sp³-hybridized carbons (Fsp3) is 0.500. The largest absolute Gasteiger partial charge is 0.392 e. The minimum atomic E-state index is -3.64. The van der Waals surface area contributed by atoms with Gasteiger partial charge in [0, 0.05) is 52.8 Å². The first-order valence-electron chi connectivity index (χ1n) is 32.0. The SMILES string of the molecule is CCCC[C@]1(CC)CS(=O)(=O)c2ccc(C)cc2[C@@H](c2ccc(F)cc2)[C@H]1O.CCCC[C@]1(CC)CS(=O)(=O)c2ccc(C)cc2[C@H](c2ccc(F)cc2)[C@@H]1O.CCCC[C@]1(CC)CS(=O)(=O)c2ccc(N3CCOCC3)cc2[C@@H](c2ccc(F)cc2)[C@H]1O. The number of hydrogen-bond acceptors (Lipinski definition) is 11. The molecular weight excluding hydrogens is 1190 g/mol. The van der Waals surface area contributed by atoms with E-state index in [2.05, 4.69) is 25.7 Å². The number of unbranched alkanes of at least 4 members (excludes halogenated alkanes) is 3. The predicted octanol–water partition coefficient (Wildman–Crippen LogP) is 14.5. The summed E-state index contributed by atoms with van der Waals surface area (Å²) in [5.41, 5.74) is 4.60. The normalized spacial score (nSPS) is 26.7. The molecule has 0 spiro atoms. The number of aryl methyl sites for hydroxylation is 2. The molecule has 11 nitrogen and oxygen atoms in total. The maximum atomic E-state index is 13.8. The number of fused-ring (bicyclic) bond motifs is 3. The van der Waals surface area contributed by atoms with Crippen molar-refractivity contribution >= 4 is 35.2 Å². The molecule has 0 unspecified atom stereocenters. The molecule has 1 saturated heterocycles. The fourth-order valence-electron chi connectivity index (χ4n) is 14.5. The van der Waals surface area contributed by atoms with Gasteiger partial charge in [0.05, 0.1) is 63.5 Å². The Balaban J connectivity index is 0.000000173. The molecule has 6 aromatic rings. The number of hydrogen-bond donors (Lipinski definition) is 3. The zero-order valence-electron chi connectivity index (χ0n) is 53.0. The van der Waals surface area contributed by atoms with Crippen molar-refractivity contribution in [3.8, 4) is 0 Å². The highest BCUT2D eigenvalue weighted by atomic mass is 32.2. The monoisotopic (exact) mass is 1280 g/mol. The van der Waals surface area contributed by atoms with Gasteiger partial charge in [-0.3, -0.25) is 0 Å². The summed E-state index contributed by atoms with van der Waals surface area (Å²) >= 11 is 0. The van der Waals surface area contributed by atoms with E-state index in [1.807, 2.05) is 58.9 Å². The molecule has 0 radical (unpaired) electrons. The molecule has 4 aliphatic heterocycles. The van der Waals surface area contributed by atoms with E-state index in [-0.39, 0.29) is 39.6 Å². The summed E-state index contributed by atoms with van der Waals surface area (Å²) < 4.78 is 127. The second-order valence-corrected chi connectivity index (χ2v) is 31.4. The summed E-state index contributed by atoms with van der Waals surface area (Å²) in [5, 5.41) is 35.1. The first-order valence-corrected chi connectivity index (χ1v) is 36.9. The number of morpholine rings is 1. The van der Waals surface area contributed by atoms with Crippen molar-refractivity contribution in [2.75, 3.05) is 48.5 Å². The molecule has 0 saturated carbocycles. The average Bonchev–Trinajstić information content (AvgIpc) is 2.06. The van der Waals surface area contributed by atoms with Crippen LogP contribution in [-0.2, 0) is 34.2 Å². The fourth-order valence-corrected chi connectivity index (χ4v) is 21.2. The first kappa shape index (κ1) is 69.5. The summed E-state index contributed by atoms with van der Waals surface area (Å²) in [4.78, 5) is 3.04. The van der Waals surface area contributed by atoms with E-state index >= 15 is 0 Å². The lowest BCUT2D eigenvalue weighted by atomic mass is 9.69. The molecule has 6 aromatic carbocycles. The number of rotatable bonds is 16. The van der Waals surface area contributed by atoms with Gasteiger partial charge in [0.2, 0.25) is 0 Å². The van der Waals surface area contributed by atoms with Gasteiger partial charge in [-0.25, -0.2) is 38.4 Å². The number of anilines is 1. The average molecular weight is 1280 g/mol. The highest BCUT2D eigenvalue weighted by Gasteiger charge is 2.52. The van der Waals surface area contributed by atoms with E-state index in [9.17, 15) is 53.7 Å². The third kappa shape index (κ3) is 14.9. The van der Waals surface area contributed by atoms with Crippen LogP contribution in [0, 0.1) is 47.5 Å². The highest BCUT2D eigenvalue weighted by Crippen LogP contribution is 2.52. The van der Waals surface area contributed by atoms with E-state index in [4.69, 9.17) is 4.74 Å². The summed E-state index contributed by atoms with van der Waals surface area (Å²) in [7, 11) is -10.8. The predicted molar refractivity (Wildman–Crippen MR) is 347 cm³/mol. The maximum absolute atomic E-state index is 13.8. The maximum Gasteiger partial charge on any atom is 0.179 e. The standard InChI is InChI=1S/C26H34FNO4S.2C23H29FO3S/c1-3-5-12-26(4-2)18-33(30,31)23-11-10-21(28-13-15-32-16-14-28)17-22(23)24(25(26)29)19-6-8-20(27)9-7-19;2*1-4-6-13-23(5-2)15-28(26,27)20-12-7-16(3)14-19(20)21(22(23)25)17-8-10-18(24)11-9-17/h6-11,17,24-25,29H,3-5,12-16,18H2,1-2H3;2*7-12,14,21-22,25H,4-6,13,15H2,1-3H3/t24-,25-,26-;21-,22-,23+;21-,22-,23-/m101/s1. The third-order valence-corrected chi connectivity index (χ3v) is 25.8. The van der Waals surface area contributed by atoms with Gasteiger partial charge in [-0.15, -0.1) is 0 Å². The topological polar surface area (TPSA) is 176 Å². The molecule has 10 rings (SSSR count). The molecule has 0 amide bonds. The minimum Gasteiger partial charge on any atom is -0.392 e. The van der Waals surface area contributed by atoms with Crippen molar-refractivity contribution in [3.05, 3.63) is 189 Å². The van der Waals surface area contributed by atoms with Crippen LogP contribution < -0.4 is 4.90 Å². The van der Waals surface area contributed by atoms with Crippen molar-refractivity contribution in [2.24, 2.45) is 16.2 Å². The second kappa shape index (κ2) is 29.0. The van der Waals surface area contributed by atoms with Crippen LogP contribution in [0.15, 0.2) is 142 Å². The number of sulfone groups is 3. The van der Waals surface area contributed by atoms with Crippen LogP contribution in [0.5, 0.6) is 0 Å². The Kier molecular flexibility index (Phi) is 22.7. The van der Waals surface area contributed by atoms with E-state index in [0.717, 1.165) is 85.1 Å². The van der Waals surface area contributed by atoms with Crippen LogP contribution >= 0.6 is 0 Å². The quantitative estimate of drug-likeness (QED) is 0.0841. The van der Waals surface area contributed by atoms with Crippen LogP contribution in [0.25, 0.3) is 0 Å². The minimum absolute atomic E-state index is 0.0641. The van der Waals surface area contributed by atoms with Crippen LogP contribution in [0.3, 0.4) is 0 Å². The smallest absolute Gasteiger partial charge is 0.179 e. The molecule has 1 fully saturated rings. The molecule has 0 aliphatic carbocycles. The van der Waals surface area contributed by atoms with Crippen molar-refractivity contribution in [3.63, 3.8) is 0 Å². The summed E-state index contributed by atoms with van der Waals surface area (Å²) in [6.07, 6.45) is 6.29. The number of ether oxygens (including phenoxy) is 1. The number of nitrogens with zero attached hydrogens (tertiary/aromatic N) is 1. The summed E-state index contributed by atoms with van der Waals surface area (Å²) in [6.45, 7) is 18.6. The zero-order valence-corrected chi connectivity index (χ0v) is 55.5. The number of aliphatic hydroxyl groups excluding tert-OH is 3. The van der Waals surface area contributed by atoms with Gasteiger partial charge < -0.3 is 25.0 Å². The Bertz CT molecular complexity index is 3560. The van der Waals surface area contributed by atoms with Crippen LogP contribution in [0.4, 0.5) is 18.9 Å². The Hall–Kier alpha value is -5.40. The summed E-state index contributed by atoms with van der Waals surface area (Å²) in [5.74, 6) is -2.85. The van der Waals surface area contributed by atoms with Crippen LogP contribution in [0.2, 0.25) is 0 Å². The Morgan fingerprint density at radius 1 is 0.438 bits per heavy atom. The molecule has 89 heavy (non-hydrogen) atoms. The van der Waals surface area contributed by atoms with Crippen LogP contribution in [0.1, 0.15) is 181 Å². The second-order valence-electron chi connectivity index (χ2n) is 25.6. The van der Waals surface area contributed by atoms with Crippen molar-refractivity contribution in [2.45, 2.75) is 183 Å². The van der Waals surface area contributed by atoms with Crippen LogP contribution in [-0.4, -0.2) is 102 Å².